The summed E-state index contributed by atoms with van der Waals surface area (Å²) in [6.45, 7) is 0.614. The highest BCUT2D eigenvalue weighted by Crippen LogP contribution is 2.21. The molecule has 0 aliphatic carbocycles. The Morgan fingerprint density at radius 3 is 2.09 bits per heavy atom. The van der Waals surface area contributed by atoms with Crippen LogP contribution in [0.25, 0.3) is 11.1 Å². The summed E-state index contributed by atoms with van der Waals surface area (Å²) in [5, 5.41) is 0. The fourth-order valence-corrected chi connectivity index (χ4v) is 4.82. The van der Waals surface area contributed by atoms with Gasteiger partial charge in [-0.1, -0.05) is 60.7 Å². The molecule has 175 valence electrons. The first kappa shape index (κ1) is 25.1. The molecule has 1 radical (unpaired) electrons. The van der Waals surface area contributed by atoms with Gasteiger partial charge >= 0.3 is 0 Å². The van der Waals surface area contributed by atoms with Crippen LogP contribution in [0.3, 0.4) is 0 Å². The van der Waals surface area contributed by atoms with Crippen molar-refractivity contribution in [2.24, 2.45) is 0 Å². The van der Waals surface area contributed by atoms with E-state index in [9.17, 15) is 16.8 Å². The average molecular weight is 487 g/mol. The predicted octanol–water partition coefficient (Wildman–Crippen LogP) is 2.61. The Hall–Kier alpha value is -2.56. The minimum atomic E-state index is -3.52. The van der Waals surface area contributed by atoms with Gasteiger partial charge in [-0.3, -0.25) is 0 Å². The normalized spacial score (nSPS) is 12.2. The van der Waals surface area contributed by atoms with Gasteiger partial charge in [0.1, 0.15) is 0 Å². The van der Waals surface area contributed by atoms with Crippen molar-refractivity contribution in [3.05, 3.63) is 90.0 Å². The SMILES string of the molecule is CN(C)S(=O)(=O)NCCc1ccc(-c2[c]ccc(CCNS(=O)(=O)c3ccccc3)c2)cc1. The molecule has 3 aromatic carbocycles. The van der Waals surface area contributed by atoms with E-state index in [1.807, 2.05) is 42.5 Å². The summed E-state index contributed by atoms with van der Waals surface area (Å²) in [5.41, 5.74) is 3.92. The molecule has 0 heterocycles. The molecular weight excluding hydrogens is 458 g/mol. The highest BCUT2D eigenvalue weighted by Gasteiger charge is 2.13. The molecule has 0 saturated heterocycles. The lowest BCUT2D eigenvalue weighted by molar-refractivity contribution is 0.506. The van der Waals surface area contributed by atoms with E-state index in [0.717, 1.165) is 26.6 Å². The Labute approximate surface area is 196 Å². The lowest BCUT2D eigenvalue weighted by Gasteiger charge is -2.12. The molecule has 3 aromatic rings. The second kappa shape index (κ2) is 11.0. The van der Waals surface area contributed by atoms with Crippen molar-refractivity contribution in [2.75, 3.05) is 27.2 Å². The standard InChI is InChI=1S/C24H28N3O4S2/c1-27(2)33(30,31)26-18-15-20-11-13-22(14-12-20)23-8-6-7-21(19-23)16-17-25-32(28,29)24-9-4-3-5-10-24/h3-7,9-14,19,25-26H,15-18H2,1-2H3. The van der Waals surface area contributed by atoms with Crippen LogP contribution in [0.2, 0.25) is 0 Å². The van der Waals surface area contributed by atoms with Crippen molar-refractivity contribution in [3.63, 3.8) is 0 Å². The van der Waals surface area contributed by atoms with Gasteiger partial charge in [0.15, 0.2) is 0 Å². The molecule has 0 atom stereocenters. The first-order valence-corrected chi connectivity index (χ1v) is 13.4. The Morgan fingerprint density at radius 2 is 1.42 bits per heavy atom. The number of sulfonamides is 1. The summed E-state index contributed by atoms with van der Waals surface area (Å²) in [6.07, 6.45) is 1.14. The fraction of sp³-hybridized carbons (Fsp3) is 0.250. The molecule has 0 aliphatic rings. The highest BCUT2D eigenvalue weighted by atomic mass is 32.2. The fourth-order valence-electron chi connectivity index (χ4n) is 3.15. The third-order valence-corrected chi connectivity index (χ3v) is 8.08. The van der Waals surface area contributed by atoms with Crippen LogP contribution >= 0.6 is 0 Å². The van der Waals surface area contributed by atoms with Crippen molar-refractivity contribution >= 4 is 20.2 Å². The third-order valence-electron chi connectivity index (χ3n) is 5.07. The zero-order chi connectivity index (χ0) is 23.9. The van der Waals surface area contributed by atoms with Gasteiger partial charge in [-0.05, 0) is 53.3 Å². The van der Waals surface area contributed by atoms with Crippen LogP contribution in [-0.2, 0) is 33.1 Å². The van der Waals surface area contributed by atoms with Crippen LogP contribution in [-0.4, -0.2) is 48.3 Å². The van der Waals surface area contributed by atoms with E-state index >= 15 is 0 Å². The number of nitrogens with zero attached hydrogens (tertiary/aromatic N) is 1. The number of nitrogens with one attached hydrogen (secondary N) is 2. The topological polar surface area (TPSA) is 95.6 Å². The molecule has 0 fully saturated rings. The van der Waals surface area contributed by atoms with Crippen LogP contribution in [0.5, 0.6) is 0 Å². The molecule has 33 heavy (non-hydrogen) atoms. The van der Waals surface area contributed by atoms with E-state index in [4.69, 9.17) is 0 Å². The van der Waals surface area contributed by atoms with Crippen molar-refractivity contribution < 1.29 is 16.8 Å². The van der Waals surface area contributed by atoms with Gasteiger partial charge in [0.2, 0.25) is 10.0 Å². The zero-order valence-electron chi connectivity index (χ0n) is 18.7. The van der Waals surface area contributed by atoms with Gasteiger partial charge in [-0.25, -0.2) is 17.9 Å². The molecule has 0 aromatic heterocycles. The van der Waals surface area contributed by atoms with Gasteiger partial charge in [0, 0.05) is 27.2 Å². The lowest BCUT2D eigenvalue weighted by Crippen LogP contribution is -2.36. The van der Waals surface area contributed by atoms with E-state index in [2.05, 4.69) is 15.5 Å². The molecule has 9 heteroatoms. The van der Waals surface area contributed by atoms with Crippen LogP contribution in [0, 0.1) is 6.07 Å². The molecule has 0 saturated carbocycles. The molecule has 0 spiro atoms. The van der Waals surface area contributed by atoms with Gasteiger partial charge in [-0.2, -0.15) is 12.7 Å². The molecule has 0 amide bonds. The quantitative estimate of drug-likeness (QED) is 0.436. The molecule has 3 rings (SSSR count). The number of hydrogen-bond acceptors (Lipinski definition) is 4. The van der Waals surface area contributed by atoms with E-state index < -0.39 is 20.2 Å². The summed E-state index contributed by atoms with van der Waals surface area (Å²) in [6, 6.07) is 25.2. The Balaban J connectivity index is 1.57. The predicted molar refractivity (Wildman–Crippen MR) is 130 cm³/mol. The third kappa shape index (κ3) is 7.21. The van der Waals surface area contributed by atoms with Gasteiger partial charge in [0.05, 0.1) is 4.90 Å². The molecular formula is C24H28N3O4S2. The first-order chi connectivity index (χ1) is 15.7. The van der Waals surface area contributed by atoms with Crippen molar-refractivity contribution in [1.82, 2.24) is 13.7 Å². The number of hydrogen-bond donors (Lipinski definition) is 2. The maximum absolute atomic E-state index is 12.3. The van der Waals surface area contributed by atoms with Gasteiger partial charge < -0.3 is 0 Å². The molecule has 0 bridgehead atoms. The zero-order valence-corrected chi connectivity index (χ0v) is 20.3. The first-order valence-electron chi connectivity index (χ1n) is 10.5. The van der Waals surface area contributed by atoms with Crippen molar-refractivity contribution in [1.29, 1.82) is 0 Å². The largest absolute Gasteiger partial charge is 0.278 e. The average Bonchev–Trinajstić information content (AvgIpc) is 2.80. The van der Waals surface area contributed by atoms with Crippen LogP contribution < -0.4 is 9.44 Å². The maximum atomic E-state index is 12.3. The van der Waals surface area contributed by atoms with Crippen LogP contribution in [0.4, 0.5) is 0 Å². The van der Waals surface area contributed by atoms with Crippen molar-refractivity contribution in [3.8, 4) is 11.1 Å². The van der Waals surface area contributed by atoms with E-state index in [0.29, 0.717) is 25.9 Å². The second-order valence-electron chi connectivity index (χ2n) is 7.70. The minimum Gasteiger partial charge on any atom is -0.211 e. The van der Waals surface area contributed by atoms with Crippen LogP contribution in [0.1, 0.15) is 11.1 Å². The summed E-state index contributed by atoms with van der Waals surface area (Å²) >= 11 is 0. The van der Waals surface area contributed by atoms with Crippen LogP contribution in [0.15, 0.2) is 77.7 Å². The summed E-state index contributed by atoms with van der Waals surface area (Å²) in [5.74, 6) is 0. The number of benzene rings is 3. The molecule has 2 N–H and O–H groups in total. The monoisotopic (exact) mass is 486 g/mol. The molecule has 7 nitrogen and oxygen atoms in total. The Bertz CT molecular complexity index is 1260. The Morgan fingerprint density at radius 1 is 0.788 bits per heavy atom. The van der Waals surface area contributed by atoms with E-state index in [1.54, 1.807) is 30.3 Å². The molecule has 0 aliphatic heterocycles. The smallest absolute Gasteiger partial charge is 0.211 e. The minimum absolute atomic E-state index is 0.252. The summed E-state index contributed by atoms with van der Waals surface area (Å²) in [4.78, 5) is 0.252. The van der Waals surface area contributed by atoms with Gasteiger partial charge in [0.25, 0.3) is 10.2 Å². The van der Waals surface area contributed by atoms with E-state index in [-0.39, 0.29) is 4.90 Å². The highest BCUT2D eigenvalue weighted by molar-refractivity contribution is 7.89. The molecule has 0 unspecified atom stereocenters. The maximum Gasteiger partial charge on any atom is 0.278 e. The number of rotatable bonds is 11. The second-order valence-corrected chi connectivity index (χ2v) is 11.4. The van der Waals surface area contributed by atoms with E-state index in [1.165, 1.54) is 14.1 Å². The Kier molecular flexibility index (Phi) is 8.39. The van der Waals surface area contributed by atoms with Crippen molar-refractivity contribution in [2.45, 2.75) is 17.7 Å². The summed E-state index contributed by atoms with van der Waals surface area (Å²) in [7, 11) is -3.97. The lowest BCUT2D eigenvalue weighted by atomic mass is 10.00. The summed E-state index contributed by atoms with van der Waals surface area (Å²) < 4.78 is 54.6. The van der Waals surface area contributed by atoms with Gasteiger partial charge in [-0.15, -0.1) is 0 Å².